The first-order valence-corrected chi connectivity index (χ1v) is 21.7. The molecule has 0 radical (unpaired) electrons. The number of rotatable bonds is 6. The van der Waals surface area contributed by atoms with Crippen LogP contribution in [-0.4, -0.2) is 44.9 Å². The lowest BCUT2D eigenvalue weighted by Crippen LogP contribution is -2.01. The van der Waals surface area contributed by atoms with E-state index in [0.29, 0.717) is 17.5 Å². The van der Waals surface area contributed by atoms with Crippen LogP contribution < -0.4 is 0 Å². The van der Waals surface area contributed by atoms with E-state index in [0.717, 1.165) is 116 Å². The van der Waals surface area contributed by atoms with Crippen LogP contribution in [0, 0.1) is 0 Å². The zero-order chi connectivity index (χ0) is 43.6. The summed E-state index contributed by atoms with van der Waals surface area (Å²) < 4.78 is 0. The molecule has 0 aliphatic heterocycles. The van der Waals surface area contributed by atoms with Crippen LogP contribution in [-0.2, 0) is 0 Å². The molecule has 0 bridgehead atoms. The van der Waals surface area contributed by atoms with Gasteiger partial charge in [0.25, 0.3) is 0 Å². The summed E-state index contributed by atoms with van der Waals surface area (Å²) in [5.74, 6) is 1.59. The maximum atomic E-state index is 5.19. The topological polar surface area (TPSA) is 116 Å². The van der Waals surface area contributed by atoms with Crippen LogP contribution in [0.2, 0.25) is 0 Å². The first-order chi connectivity index (χ1) is 32.6. The van der Waals surface area contributed by atoms with Gasteiger partial charge in [-0.05, 0) is 54.6 Å². The van der Waals surface area contributed by atoms with Crippen LogP contribution in [0.25, 0.3) is 133 Å². The van der Waals surface area contributed by atoms with Gasteiger partial charge in [0.1, 0.15) is 0 Å². The highest BCUT2D eigenvalue weighted by molar-refractivity contribution is 6.05. The second-order valence-corrected chi connectivity index (χ2v) is 16.3. The smallest absolute Gasteiger partial charge is 0.164 e. The van der Waals surface area contributed by atoms with Crippen molar-refractivity contribution in [3.05, 3.63) is 201 Å². The van der Waals surface area contributed by atoms with E-state index in [1.54, 1.807) is 0 Å². The van der Waals surface area contributed by atoms with Crippen molar-refractivity contribution in [3.8, 4) is 67.9 Å². The summed E-state index contributed by atoms with van der Waals surface area (Å²) in [6.45, 7) is 0. The molecule has 0 amide bonds. The van der Waals surface area contributed by atoms with Gasteiger partial charge in [-0.3, -0.25) is 15.0 Å². The second kappa shape index (κ2) is 15.3. The highest BCUT2D eigenvalue weighted by Gasteiger charge is 2.17. The van der Waals surface area contributed by atoms with E-state index >= 15 is 0 Å². The normalized spacial score (nSPS) is 11.6. The summed E-state index contributed by atoms with van der Waals surface area (Å²) in [5.41, 5.74) is 13.0. The number of pyridine rings is 6. The quantitative estimate of drug-likeness (QED) is 0.151. The average molecular weight is 844 g/mol. The number of aromatic nitrogens is 9. The fraction of sp³-hybridized carbons (Fsp3) is 0. The Labute approximate surface area is 377 Å². The van der Waals surface area contributed by atoms with E-state index in [1.165, 1.54) is 0 Å². The molecule has 0 fully saturated rings. The molecule has 7 heterocycles. The van der Waals surface area contributed by atoms with Crippen LogP contribution in [0.3, 0.4) is 0 Å². The molecule has 0 spiro atoms. The van der Waals surface area contributed by atoms with E-state index in [1.807, 2.05) is 73.2 Å². The molecule has 7 aromatic heterocycles. The van der Waals surface area contributed by atoms with Crippen molar-refractivity contribution in [1.29, 1.82) is 0 Å². The van der Waals surface area contributed by atoms with E-state index in [2.05, 4.69) is 142 Å². The summed E-state index contributed by atoms with van der Waals surface area (Å²) in [5, 5.41) is 6.24. The second-order valence-electron chi connectivity index (χ2n) is 16.3. The Kier molecular flexibility index (Phi) is 8.63. The SMILES string of the molecule is c1cc(-c2ccc3ccc4cccnc4c3n2)cc(-c2nc(-c3cccc(-c4ccc5ccc6cccnc6c5n4)c3)nc(-c3cccc(-c4ccc5ccc6cccnc6c5n4)c3)n2)c1. The lowest BCUT2D eigenvalue weighted by atomic mass is 10.0. The Balaban J connectivity index is 0.950. The van der Waals surface area contributed by atoms with Gasteiger partial charge in [0, 0.05) is 84.3 Å². The monoisotopic (exact) mass is 843 g/mol. The number of hydrogen-bond donors (Lipinski definition) is 0. The molecule has 0 unspecified atom stereocenters. The third-order valence-corrected chi connectivity index (χ3v) is 12.2. The zero-order valence-corrected chi connectivity index (χ0v) is 35.1. The minimum absolute atomic E-state index is 0.531. The Morgan fingerprint density at radius 1 is 0.212 bits per heavy atom. The molecular formula is C57H33N9. The van der Waals surface area contributed by atoms with Gasteiger partial charge < -0.3 is 0 Å². The summed E-state index contributed by atoms with van der Waals surface area (Å²) in [6.07, 6.45) is 5.44. The van der Waals surface area contributed by atoms with E-state index in [9.17, 15) is 0 Å². The molecule has 9 heteroatoms. The molecule has 0 aliphatic carbocycles. The van der Waals surface area contributed by atoms with Crippen LogP contribution >= 0.6 is 0 Å². The van der Waals surface area contributed by atoms with Crippen molar-refractivity contribution < 1.29 is 0 Å². The molecule has 306 valence electrons. The van der Waals surface area contributed by atoms with Crippen molar-refractivity contribution in [3.63, 3.8) is 0 Å². The summed E-state index contributed by atoms with van der Waals surface area (Å²) in [6, 6.07) is 61.7. The Bertz CT molecular complexity index is 3660. The van der Waals surface area contributed by atoms with Crippen LogP contribution in [0.4, 0.5) is 0 Å². The molecule has 6 aromatic carbocycles. The third-order valence-electron chi connectivity index (χ3n) is 12.2. The molecule has 13 rings (SSSR count). The molecule has 0 saturated carbocycles. The summed E-state index contributed by atoms with van der Waals surface area (Å²) in [7, 11) is 0. The van der Waals surface area contributed by atoms with Crippen molar-refractivity contribution in [1.82, 2.24) is 44.9 Å². The first-order valence-electron chi connectivity index (χ1n) is 21.7. The number of fused-ring (bicyclic) bond motifs is 9. The predicted molar refractivity (Wildman–Crippen MR) is 264 cm³/mol. The van der Waals surface area contributed by atoms with Crippen molar-refractivity contribution in [2.24, 2.45) is 0 Å². The van der Waals surface area contributed by atoms with E-state index < -0.39 is 0 Å². The molecule has 0 N–H and O–H groups in total. The standard InChI is InChI=1S/C57H33N9/c1-7-40(46-25-22-37-19-16-34-13-4-28-58-49(34)52(37)61-46)31-43(10-1)55-64-56(44-11-2-8-41(32-44)47-26-23-38-20-17-35-14-5-29-59-50(35)53(38)62-47)66-57(65-55)45-12-3-9-42(33-45)48-27-24-39-21-18-36-15-6-30-60-51(36)54(39)63-48/h1-33H. The Morgan fingerprint density at radius 2 is 0.485 bits per heavy atom. The molecule has 0 aliphatic rings. The van der Waals surface area contributed by atoms with Crippen LogP contribution in [0.15, 0.2) is 201 Å². The van der Waals surface area contributed by atoms with E-state index in [4.69, 9.17) is 29.9 Å². The fourth-order valence-electron chi connectivity index (χ4n) is 8.87. The predicted octanol–water partition coefficient (Wildman–Crippen LogP) is 13.2. The lowest BCUT2D eigenvalue weighted by molar-refractivity contribution is 1.07. The minimum Gasteiger partial charge on any atom is -0.254 e. The van der Waals surface area contributed by atoms with Crippen LogP contribution in [0.1, 0.15) is 0 Å². The lowest BCUT2D eigenvalue weighted by Gasteiger charge is -2.12. The average Bonchev–Trinajstić information content (AvgIpc) is 3.40. The maximum Gasteiger partial charge on any atom is 0.164 e. The van der Waals surface area contributed by atoms with E-state index in [-0.39, 0.29) is 0 Å². The molecule has 66 heavy (non-hydrogen) atoms. The Morgan fingerprint density at radius 3 is 0.803 bits per heavy atom. The number of nitrogens with zero attached hydrogens (tertiary/aromatic N) is 9. The van der Waals surface area contributed by atoms with Crippen molar-refractivity contribution in [2.45, 2.75) is 0 Å². The third kappa shape index (κ3) is 6.53. The summed E-state index contributed by atoms with van der Waals surface area (Å²) >= 11 is 0. The van der Waals surface area contributed by atoms with Gasteiger partial charge in [-0.25, -0.2) is 29.9 Å². The molecule has 9 nitrogen and oxygen atoms in total. The van der Waals surface area contributed by atoms with Gasteiger partial charge in [0.2, 0.25) is 0 Å². The Hall–Kier alpha value is -9.21. The van der Waals surface area contributed by atoms with Crippen molar-refractivity contribution >= 4 is 65.4 Å². The highest BCUT2D eigenvalue weighted by Crippen LogP contribution is 2.34. The number of benzene rings is 6. The molecule has 13 aromatic rings. The first kappa shape index (κ1) is 37.4. The fourth-order valence-corrected chi connectivity index (χ4v) is 8.87. The van der Waals surface area contributed by atoms with Crippen molar-refractivity contribution in [2.75, 3.05) is 0 Å². The van der Waals surface area contributed by atoms with Gasteiger partial charge in [0.05, 0.1) is 50.2 Å². The largest absolute Gasteiger partial charge is 0.254 e. The molecule has 0 atom stereocenters. The van der Waals surface area contributed by atoms with Gasteiger partial charge in [0.15, 0.2) is 17.5 Å². The number of hydrogen-bond acceptors (Lipinski definition) is 9. The summed E-state index contributed by atoms with van der Waals surface area (Å²) in [4.78, 5) is 45.1. The zero-order valence-electron chi connectivity index (χ0n) is 35.1. The van der Waals surface area contributed by atoms with Gasteiger partial charge in [-0.2, -0.15) is 0 Å². The molecular weight excluding hydrogens is 811 g/mol. The van der Waals surface area contributed by atoms with Crippen LogP contribution in [0.5, 0.6) is 0 Å². The molecule has 0 saturated heterocycles. The van der Waals surface area contributed by atoms with Gasteiger partial charge in [-0.15, -0.1) is 0 Å². The van der Waals surface area contributed by atoms with Gasteiger partial charge >= 0.3 is 0 Å². The highest BCUT2D eigenvalue weighted by atomic mass is 15.0. The minimum atomic E-state index is 0.531. The van der Waals surface area contributed by atoms with Gasteiger partial charge in [-0.1, -0.05) is 127 Å². The maximum absolute atomic E-state index is 5.19.